The number of halogens is 3. The third-order valence-corrected chi connectivity index (χ3v) is 5.14. The molecule has 0 bridgehead atoms. The third-order valence-electron chi connectivity index (χ3n) is 5.14. The standard InChI is InChI=1S/C21H24F3N3O/c1-4-13(2)19(25)20-26-17-11-15(21(22,23)24)8-9-18(17)27(20)12-14-6-5-7-16(10-14)28-3/h5-11,13,19H,4,12,25H2,1-3H3/t13-,19-/m0/s1. The van der Waals surface area contributed by atoms with Gasteiger partial charge in [-0.2, -0.15) is 13.2 Å². The van der Waals surface area contributed by atoms with Crippen molar-refractivity contribution in [1.29, 1.82) is 0 Å². The van der Waals surface area contributed by atoms with Gasteiger partial charge < -0.3 is 15.0 Å². The molecule has 2 aromatic carbocycles. The van der Waals surface area contributed by atoms with Crippen molar-refractivity contribution < 1.29 is 17.9 Å². The van der Waals surface area contributed by atoms with E-state index in [1.54, 1.807) is 7.11 Å². The van der Waals surface area contributed by atoms with E-state index in [0.29, 0.717) is 29.2 Å². The van der Waals surface area contributed by atoms with Crippen LogP contribution in [0.15, 0.2) is 42.5 Å². The van der Waals surface area contributed by atoms with Gasteiger partial charge in [0.1, 0.15) is 11.6 Å². The minimum absolute atomic E-state index is 0.142. The summed E-state index contributed by atoms with van der Waals surface area (Å²) < 4.78 is 46.5. The van der Waals surface area contributed by atoms with Crippen LogP contribution in [0.5, 0.6) is 5.75 Å². The zero-order chi connectivity index (χ0) is 20.5. The van der Waals surface area contributed by atoms with E-state index in [2.05, 4.69) is 4.98 Å². The molecule has 3 aromatic rings. The van der Waals surface area contributed by atoms with E-state index in [-0.39, 0.29) is 12.0 Å². The van der Waals surface area contributed by atoms with Crippen molar-refractivity contribution in [3.05, 3.63) is 59.4 Å². The second-order valence-corrected chi connectivity index (χ2v) is 7.02. The highest BCUT2D eigenvalue weighted by Crippen LogP contribution is 2.33. The number of aromatic nitrogens is 2. The lowest BCUT2D eigenvalue weighted by molar-refractivity contribution is -0.137. The Morgan fingerprint density at radius 2 is 1.93 bits per heavy atom. The van der Waals surface area contributed by atoms with Crippen LogP contribution in [0.3, 0.4) is 0 Å². The van der Waals surface area contributed by atoms with Crippen LogP contribution in [-0.4, -0.2) is 16.7 Å². The molecule has 7 heteroatoms. The monoisotopic (exact) mass is 391 g/mol. The van der Waals surface area contributed by atoms with Crippen molar-refractivity contribution in [3.8, 4) is 5.75 Å². The first-order valence-electron chi connectivity index (χ1n) is 9.20. The molecule has 4 nitrogen and oxygen atoms in total. The van der Waals surface area contributed by atoms with Crippen LogP contribution >= 0.6 is 0 Å². The molecule has 0 aliphatic heterocycles. The first-order valence-corrected chi connectivity index (χ1v) is 9.20. The van der Waals surface area contributed by atoms with Gasteiger partial charge in [0, 0.05) is 6.54 Å². The molecule has 28 heavy (non-hydrogen) atoms. The highest BCUT2D eigenvalue weighted by Gasteiger charge is 2.31. The molecule has 3 rings (SSSR count). The maximum atomic E-state index is 13.1. The summed E-state index contributed by atoms with van der Waals surface area (Å²) in [5.41, 5.74) is 7.59. The number of alkyl halides is 3. The van der Waals surface area contributed by atoms with Gasteiger partial charge in [-0.25, -0.2) is 4.98 Å². The number of benzene rings is 2. The molecule has 0 unspecified atom stereocenters. The highest BCUT2D eigenvalue weighted by molar-refractivity contribution is 5.77. The molecule has 150 valence electrons. The van der Waals surface area contributed by atoms with E-state index >= 15 is 0 Å². The number of hydrogen-bond donors (Lipinski definition) is 1. The lowest BCUT2D eigenvalue weighted by Gasteiger charge is -2.20. The summed E-state index contributed by atoms with van der Waals surface area (Å²) >= 11 is 0. The number of rotatable bonds is 6. The first kappa shape index (κ1) is 20.2. The highest BCUT2D eigenvalue weighted by atomic mass is 19.4. The van der Waals surface area contributed by atoms with Crippen LogP contribution in [0.4, 0.5) is 13.2 Å². The van der Waals surface area contributed by atoms with Gasteiger partial charge in [-0.1, -0.05) is 32.4 Å². The van der Waals surface area contributed by atoms with Crippen LogP contribution in [0.1, 0.15) is 43.3 Å². The van der Waals surface area contributed by atoms with Crippen molar-refractivity contribution in [2.75, 3.05) is 7.11 Å². The van der Waals surface area contributed by atoms with Gasteiger partial charge in [0.25, 0.3) is 0 Å². The molecule has 0 spiro atoms. The summed E-state index contributed by atoms with van der Waals surface area (Å²) in [6.07, 6.45) is -3.57. The van der Waals surface area contributed by atoms with Crippen molar-refractivity contribution in [2.24, 2.45) is 11.7 Å². The predicted octanol–water partition coefficient (Wildman–Crippen LogP) is 5.16. The quantitative estimate of drug-likeness (QED) is 0.632. The lowest BCUT2D eigenvalue weighted by Crippen LogP contribution is -2.23. The largest absolute Gasteiger partial charge is 0.497 e. The molecular weight excluding hydrogens is 367 g/mol. The third kappa shape index (κ3) is 3.99. The molecule has 2 N–H and O–H groups in total. The molecule has 0 aliphatic carbocycles. The van der Waals surface area contributed by atoms with Gasteiger partial charge in [0.2, 0.25) is 0 Å². The Morgan fingerprint density at radius 3 is 2.57 bits per heavy atom. The molecular formula is C21H24F3N3O. The van der Waals surface area contributed by atoms with Crippen LogP contribution in [-0.2, 0) is 12.7 Å². The van der Waals surface area contributed by atoms with Gasteiger partial charge >= 0.3 is 6.18 Å². The number of imidazole rings is 1. The number of methoxy groups -OCH3 is 1. The summed E-state index contributed by atoms with van der Waals surface area (Å²) in [5.74, 6) is 1.45. The number of fused-ring (bicyclic) bond motifs is 1. The Bertz CT molecular complexity index is 965. The van der Waals surface area contributed by atoms with Crippen LogP contribution in [0.25, 0.3) is 11.0 Å². The SMILES string of the molecule is CC[C@H](C)[C@H](N)c1nc2cc(C(F)(F)F)ccc2n1Cc1cccc(OC)c1. The topological polar surface area (TPSA) is 53.1 Å². The van der Waals surface area contributed by atoms with E-state index in [4.69, 9.17) is 10.5 Å². The van der Waals surface area contributed by atoms with Gasteiger partial charge in [0.15, 0.2) is 0 Å². The Morgan fingerprint density at radius 1 is 1.18 bits per heavy atom. The zero-order valence-corrected chi connectivity index (χ0v) is 16.1. The molecule has 0 saturated carbocycles. The van der Waals surface area contributed by atoms with E-state index in [9.17, 15) is 13.2 Å². The predicted molar refractivity (Wildman–Crippen MR) is 103 cm³/mol. The first-order chi connectivity index (χ1) is 13.2. The van der Waals surface area contributed by atoms with Crippen molar-refractivity contribution in [3.63, 3.8) is 0 Å². The second-order valence-electron chi connectivity index (χ2n) is 7.02. The average Bonchev–Trinajstić information content (AvgIpc) is 3.03. The van der Waals surface area contributed by atoms with Crippen molar-refractivity contribution >= 4 is 11.0 Å². The van der Waals surface area contributed by atoms with Gasteiger partial charge in [-0.15, -0.1) is 0 Å². The second kappa shape index (κ2) is 7.83. The van der Waals surface area contributed by atoms with Crippen LogP contribution < -0.4 is 10.5 Å². The maximum absolute atomic E-state index is 13.1. The lowest BCUT2D eigenvalue weighted by atomic mass is 9.99. The molecule has 0 fully saturated rings. The summed E-state index contributed by atoms with van der Waals surface area (Å²) in [7, 11) is 1.59. The number of ether oxygens (including phenoxy) is 1. The molecule has 1 heterocycles. The smallest absolute Gasteiger partial charge is 0.416 e. The summed E-state index contributed by atoms with van der Waals surface area (Å²) in [6.45, 7) is 4.49. The van der Waals surface area contributed by atoms with Crippen LogP contribution in [0, 0.1) is 5.92 Å². The Labute approximate surface area is 162 Å². The van der Waals surface area contributed by atoms with Crippen molar-refractivity contribution in [2.45, 2.75) is 39.0 Å². The number of hydrogen-bond acceptors (Lipinski definition) is 3. The molecule has 1 aromatic heterocycles. The van der Waals surface area contributed by atoms with E-state index < -0.39 is 11.7 Å². The number of nitrogens with two attached hydrogens (primary N) is 1. The molecule has 2 atom stereocenters. The van der Waals surface area contributed by atoms with E-state index in [0.717, 1.165) is 24.1 Å². The molecule has 0 amide bonds. The Balaban J connectivity index is 2.13. The van der Waals surface area contributed by atoms with Crippen molar-refractivity contribution in [1.82, 2.24) is 9.55 Å². The van der Waals surface area contributed by atoms with Gasteiger partial charge in [-0.3, -0.25) is 0 Å². The molecule has 0 radical (unpaired) electrons. The summed E-state index contributed by atoms with van der Waals surface area (Å²) in [5, 5.41) is 0. The Kier molecular flexibility index (Phi) is 5.65. The van der Waals surface area contributed by atoms with E-state index in [1.165, 1.54) is 6.07 Å². The fourth-order valence-corrected chi connectivity index (χ4v) is 3.21. The number of nitrogens with zero attached hydrogens (tertiary/aromatic N) is 2. The average molecular weight is 391 g/mol. The van der Waals surface area contributed by atoms with Gasteiger partial charge in [0.05, 0.1) is 29.7 Å². The fraction of sp³-hybridized carbons (Fsp3) is 0.381. The minimum Gasteiger partial charge on any atom is -0.497 e. The molecule has 0 aliphatic rings. The zero-order valence-electron chi connectivity index (χ0n) is 16.1. The Hall–Kier alpha value is -2.54. The normalized spacial score (nSPS) is 14.2. The van der Waals surface area contributed by atoms with E-state index in [1.807, 2.05) is 42.7 Å². The summed E-state index contributed by atoms with van der Waals surface area (Å²) in [6, 6.07) is 10.8. The maximum Gasteiger partial charge on any atom is 0.416 e. The molecule has 0 saturated heterocycles. The van der Waals surface area contributed by atoms with Crippen LogP contribution in [0.2, 0.25) is 0 Å². The minimum atomic E-state index is -4.41. The summed E-state index contributed by atoms with van der Waals surface area (Å²) in [4.78, 5) is 4.50. The van der Waals surface area contributed by atoms with Gasteiger partial charge in [-0.05, 0) is 41.8 Å². The fourth-order valence-electron chi connectivity index (χ4n) is 3.21.